The first-order valence-corrected chi connectivity index (χ1v) is 8.27. The van der Waals surface area contributed by atoms with Crippen molar-refractivity contribution in [3.63, 3.8) is 0 Å². The van der Waals surface area contributed by atoms with Gasteiger partial charge in [-0.1, -0.05) is 40.2 Å². The number of Topliss-reactive ketones (excluding diaryl/α,β-unsaturated/α-hetero) is 1. The second-order valence-corrected chi connectivity index (χ2v) is 6.68. The molecule has 0 amide bonds. The van der Waals surface area contributed by atoms with Gasteiger partial charge in [0.15, 0.2) is 0 Å². The van der Waals surface area contributed by atoms with Crippen molar-refractivity contribution in [3.8, 4) is 0 Å². The molecular weight excluding hydrogens is 248 g/mol. The van der Waals surface area contributed by atoms with Crippen LogP contribution in [0, 0.1) is 11.8 Å². The SMILES string of the molecule is C=C1C[C@H](CCCC)OC1CC[C@@H](C)CC(C)C(C)=O. The molecular formula is C18H32O2. The molecule has 0 aromatic rings. The van der Waals surface area contributed by atoms with Crippen LogP contribution in [0.4, 0.5) is 0 Å². The van der Waals surface area contributed by atoms with Gasteiger partial charge in [-0.15, -0.1) is 0 Å². The van der Waals surface area contributed by atoms with Gasteiger partial charge in [-0.3, -0.25) is 4.79 Å². The summed E-state index contributed by atoms with van der Waals surface area (Å²) in [4.78, 5) is 11.3. The van der Waals surface area contributed by atoms with E-state index in [9.17, 15) is 4.79 Å². The van der Waals surface area contributed by atoms with Gasteiger partial charge in [-0.2, -0.15) is 0 Å². The molecule has 0 spiro atoms. The molecule has 0 N–H and O–H groups in total. The van der Waals surface area contributed by atoms with Gasteiger partial charge < -0.3 is 4.74 Å². The highest BCUT2D eigenvalue weighted by Gasteiger charge is 2.28. The number of ether oxygens (including phenoxy) is 1. The van der Waals surface area contributed by atoms with E-state index < -0.39 is 0 Å². The highest BCUT2D eigenvalue weighted by Crippen LogP contribution is 2.31. The molecule has 1 heterocycles. The van der Waals surface area contributed by atoms with E-state index in [1.807, 2.05) is 6.92 Å². The Kier molecular flexibility index (Phi) is 7.50. The largest absolute Gasteiger partial charge is 0.370 e. The van der Waals surface area contributed by atoms with Gasteiger partial charge in [-0.25, -0.2) is 0 Å². The molecule has 1 aliphatic heterocycles. The Bertz CT molecular complexity index is 321. The summed E-state index contributed by atoms with van der Waals surface area (Å²) >= 11 is 0. The minimum Gasteiger partial charge on any atom is -0.370 e. The fourth-order valence-corrected chi connectivity index (χ4v) is 3.00. The molecule has 0 saturated carbocycles. The number of carbonyl (C=O) groups is 1. The van der Waals surface area contributed by atoms with Crippen LogP contribution in [0.25, 0.3) is 0 Å². The van der Waals surface area contributed by atoms with E-state index in [0.29, 0.717) is 17.8 Å². The Hall–Kier alpha value is -0.630. The van der Waals surface area contributed by atoms with Crippen LogP contribution in [0.15, 0.2) is 12.2 Å². The predicted octanol–water partition coefficient (Wildman–Crippen LogP) is 4.92. The average molecular weight is 280 g/mol. The van der Waals surface area contributed by atoms with Crippen LogP contribution < -0.4 is 0 Å². The maximum atomic E-state index is 11.3. The quantitative estimate of drug-likeness (QED) is 0.560. The molecule has 1 saturated heterocycles. The molecule has 4 atom stereocenters. The van der Waals surface area contributed by atoms with Crippen LogP contribution in [0.1, 0.15) is 72.6 Å². The van der Waals surface area contributed by atoms with E-state index in [1.54, 1.807) is 6.92 Å². The Morgan fingerprint density at radius 3 is 2.70 bits per heavy atom. The molecule has 0 aromatic carbocycles. The molecule has 0 aromatic heterocycles. The lowest BCUT2D eigenvalue weighted by Gasteiger charge is -2.18. The third kappa shape index (κ3) is 5.78. The highest BCUT2D eigenvalue weighted by atomic mass is 16.5. The van der Waals surface area contributed by atoms with Crippen molar-refractivity contribution < 1.29 is 9.53 Å². The van der Waals surface area contributed by atoms with Crippen molar-refractivity contribution in [1.29, 1.82) is 0 Å². The molecule has 0 aliphatic carbocycles. The first-order valence-electron chi connectivity index (χ1n) is 8.27. The van der Waals surface area contributed by atoms with E-state index in [1.165, 1.54) is 24.8 Å². The number of hydrogen-bond donors (Lipinski definition) is 0. The number of carbonyl (C=O) groups excluding carboxylic acids is 1. The molecule has 1 fully saturated rings. The molecule has 1 rings (SSSR count). The molecule has 2 nitrogen and oxygen atoms in total. The Labute approximate surface area is 125 Å². The van der Waals surface area contributed by atoms with E-state index in [2.05, 4.69) is 20.4 Å². The molecule has 2 heteroatoms. The van der Waals surface area contributed by atoms with Gasteiger partial charge in [0.25, 0.3) is 0 Å². The number of unbranched alkanes of at least 4 members (excludes halogenated alkanes) is 1. The Balaban J connectivity index is 2.27. The van der Waals surface area contributed by atoms with Crippen LogP contribution in [0.5, 0.6) is 0 Å². The zero-order chi connectivity index (χ0) is 15.1. The lowest BCUT2D eigenvalue weighted by molar-refractivity contribution is -0.120. The van der Waals surface area contributed by atoms with Crippen LogP contribution >= 0.6 is 0 Å². The summed E-state index contributed by atoms with van der Waals surface area (Å²) in [5.74, 6) is 1.08. The summed E-state index contributed by atoms with van der Waals surface area (Å²) in [6, 6.07) is 0. The molecule has 2 unspecified atom stereocenters. The predicted molar refractivity (Wildman–Crippen MR) is 84.8 cm³/mol. The van der Waals surface area contributed by atoms with Crippen molar-refractivity contribution in [2.24, 2.45) is 11.8 Å². The minimum atomic E-state index is 0.190. The van der Waals surface area contributed by atoms with E-state index >= 15 is 0 Å². The van der Waals surface area contributed by atoms with Crippen molar-refractivity contribution in [1.82, 2.24) is 0 Å². The molecule has 0 radical (unpaired) electrons. The van der Waals surface area contributed by atoms with Crippen LogP contribution in [-0.4, -0.2) is 18.0 Å². The van der Waals surface area contributed by atoms with Gasteiger partial charge in [0, 0.05) is 5.92 Å². The number of hydrogen-bond acceptors (Lipinski definition) is 2. The van der Waals surface area contributed by atoms with Crippen molar-refractivity contribution >= 4 is 5.78 Å². The van der Waals surface area contributed by atoms with Gasteiger partial charge in [-0.05, 0) is 50.5 Å². The topological polar surface area (TPSA) is 26.3 Å². The van der Waals surface area contributed by atoms with Crippen LogP contribution in [0.3, 0.4) is 0 Å². The standard InChI is InChI=1S/C18H32O2/c1-6-7-8-17-12-15(4)18(20-17)10-9-13(2)11-14(3)16(5)19/h13-14,17-18H,4,6-12H2,1-3,5H3/t13-,14?,17+,18?/m1/s1. The van der Waals surface area contributed by atoms with E-state index in [-0.39, 0.29) is 12.0 Å². The lowest BCUT2D eigenvalue weighted by atomic mass is 9.90. The zero-order valence-corrected chi connectivity index (χ0v) is 13.8. The summed E-state index contributed by atoms with van der Waals surface area (Å²) in [5.41, 5.74) is 1.28. The highest BCUT2D eigenvalue weighted by molar-refractivity contribution is 5.77. The molecule has 0 bridgehead atoms. The van der Waals surface area contributed by atoms with Crippen LogP contribution in [-0.2, 0) is 9.53 Å². The van der Waals surface area contributed by atoms with Gasteiger partial charge in [0.05, 0.1) is 12.2 Å². The fraction of sp³-hybridized carbons (Fsp3) is 0.833. The zero-order valence-electron chi connectivity index (χ0n) is 13.8. The molecule has 116 valence electrons. The second kappa shape index (κ2) is 8.61. The van der Waals surface area contributed by atoms with Crippen molar-refractivity contribution in [2.75, 3.05) is 0 Å². The van der Waals surface area contributed by atoms with E-state index in [4.69, 9.17) is 4.74 Å². The summed E-state index contributed by atoms with van der Waals surface area (Å²) in [6.07, 6.45) is 8.54. The Morgan fingerprint density at radius 2 is 2.10 bits per heavy atom. The molecule has 1 aliphatic rings. The summed E-state index contributed by atoms with van der Waals surface area (Å²) in [5, 5.41) is 0. The van der Waals surface area contributed by atoms with Gasteiger partial charge >= 0.3 is 0 Å². The summed E-state index contributed by atoms with van der Waals surface area (Å²) < 4.78 is 6.11. The minimum absolute atomic E-state index is 0.190. The van der Waals surface area contributed by atoms with Gasteiger partial charge in [0.1, 0.15) is 5.78 Å². The first-order chi connectivity index (χ1) is 9.43. The smallest absolute Gasteiger partial charge is 0.132 e. The lowest BCUT2D eigenvalue weighted by Crippen LogP contribution is -2.15. The monoisotopic (exact) mass is 280 g/mol. The third-order valence-electron chi connectivity index (χ3n) is 4.55. The average Bonchev–Trinajstić information content (AvgIpc) is 2.74. The fourth-order valence-electron chi connectivity index (χ4n) is 3.00. The third-order valence-corrected chi connectivity index (χ3v) is 4.55. The van der Waals surface area contributed by atoms with Crippen LogP contribution in [0.2, 0.25) is 0 Å². The number of ketones is 1. The summed E-state index contributed by atoms with van der Waals surface area (Å²) in [7, 11) is 0. The maximum absolute atomic E-state index is 11.3. The number of rotatable bonds is 9. The van der Waals surface area contributed by atoms with Gasteiger partial charge in [0.2, 0.25) is 0 Å². The van der Waals surface area contributed by atoms with Crippen molar-refractivity contribution in [3.05, 3.63) is 12.2 Å². The summed E-state index contributed by atoms with van der Waals surface area (Å²) in [6.45, 7) is 12.4. The van der Waals surface area contributed by atoms with Crippen molar-refractivity contribution in [2.45, 2.75) is 84.8 Å². The Morgan fingerprint density at radius 1 is 1.40 bits per heavy atom. The first kappa shape index (κ1) is 17.4. The normalized spacial score (nSPS) is 25.7. The molecule has 20 heavy (non-hydrogen) atoms. The second-order valence-electron chi connectivity index (χ2n) is 6.68. The van der Waals surface area contributed by atoms with E-state index in [0.717, 1.165) is 25.7 Å². The maximum Gasteiger partial charge on any atom is 0.132 e.